The molecule has 2 aromatic carbocycles. The predicted molar refractivity (Wildman–Crippen MR) is 90.1 cm³/mol. The van der Waals surface area contributed by atoms with E-state index in [2.05, 4.69) is 54.7 Å². The van der Waals surface area contributed by atoms with Gasteiger partial charge < -0.3 is 10.1 Å². The van der Waals surface area contributed by atoms with Gasteiger partial charge in [0.25, 0.3) is 0 Å². The Morgan fingerprint density at radius 2 is 1.62 bits per heavy atom. The molecular formula is C19H25NO. The van der Waals surface area contributed by atoms with Gasteiger partial charge >= 0.3 is 0 Å². The van der Waals surface area contributed by atoms with Gasteiger partial charge in [-0.3, -0.25) is 0 Å². The van der Waals surface area contributed by atoms with Crippen molar-refractivity contribution in [2.45, 2.75) is 45.8 Å². The number of hydrogen-bond donors (Lipinski definition) is 1. The molecule has 0 aliphatic rings. The molecule has 0 spiro atoms. The van der Waals surface area contributed by atoms with Gasteiger partial charge in [-0.2, -0.15) is 0 Å². The van der Waals surface area contributed by atoms with Crippen LogP contribution in [0.25, 0.3) is 0 Å². The number of nitrogens with one attached hydrogen (secondary N) is 1. The Balaban J connectivity index is 1.95. The third kappa shape index (κ3) is 5.14. The Labute approximate surface area is 128 Å². The van der Waals surface area contributed by atoms with Crippen LogP contribution in [0.15, 0.2) is 54.6 Å². The topological polar surface area (TPSA) is 21.3 Å². The van der Waals surface area contributed by atoms with Crippen molar-refractivity contribution < 1.29 is 4.74 Å². The van der Waals surface area contributed by atoms with Crippen LogP contribution < -0.4 is 10.1 Å². The van der Waals surface area contributed by atoms with Gasteiger partial charge in [0.05, 0.1) is 6.10 Å². The molecule has 1 atom stereocenters. The molecule has 0 amide bonds. The van der Waals surface area contributed by atoms with Crippen LogP contribution in [0.4, 0.5) is 5.69 Å². The van der Waals surface area contributed by atoms with E-state index in [1.165, 1.54) is 5.56 Å². The van der Waals surface area contributed by atoms with Crippen LogP contribution in [0, 0.1) is 0 Å². The second kappa shape index (κ2) is 7.72. The zero-order valence-electron chi connectivity index (χ0n) is 13.2. The van der Waals surface area contributed by atoms with Crippen LogP contribution in [-0.2, 0) is 6.42 Å². The number of rotatable bonds is 7. The van der Waals surface area contributed by atoms with E-state index in [1.807, 2.05) is 26.0 Å². The molecule has 0 aromatic heterocycles. The van der Waals surface area contributed by atoms with Gasteiger partial charge in [0.2, 0.25) is 0 Å². The lowest BCUT2D eigenvalue weighted by Gasteiger charge is -2.19. The third-order valence-electron chi connectivity index (χ3n) is 3.41. The fourth-order valence-corrected chi connectivity index (χ4v) is 2.33. The highest BCUT2D eigenvalue weighted by molar-refractivity contribution is 5.47. The molecule has 2 heteroatoms. The molecule has 2 nitrogen and oxygen atoms in total. The van der Waals surface area contributed by atoms with Gasteiger partial charge in [0.1, 0.15) is 5.75 Å². The molecule has 0 radical (unpaired) electrons. The number of ether oxygens (including phenoxy) is 1. The predicted octanol–water partition coefficient (Wildman–Crippen LogP) is 4.91. The van der Waals surface area contributed by atoms with E-state index in [4.69, 9.17) is 4.74 Å². The molecule has 2 aromatic rings. The second-order valence-corrected chi connectivity index (χ2v) is 5.63. The molecule has 0 saturated heterocycles. The first-order valence-corrected chi connectivity index (χ1v) is 7.74. The summed E-state index contributed by atoms with van der Waals surface area (Å²) in [6.45, 7) is 6.30. The Kier molecular flexibility index (Phi) is 5.68. The molecule has 0 saturated carbocycles. The first-order chi connectivity index (χ1) is 10.2. The second-order valence-electron chi connectivity index (χ2n) is 5.63. The zero-order valence-corrected chi connectivity index (χ0v) is 13.2. The minimum absolute atomic E-state index is 0.213. The highest BCUT2D eigenvalue weighted by Gasteiger charge is 2.07. The summed E-state index contributed by atoms with van der Waals surface area (Å²) >= 11 is 0. The molecule has 0 fully saturated rings. The Morgan fingerprint density at radius 1 is 0.952 bits per heavy atom. The van der Waals surface area contributed by atoms with Gasteiger partial charge in [0, 0.05) is 11.7 Å². The average molecular weight is 283 g/mol. The van der Waals surface area contributed by atoms with Crippen LogP contribution in [0.3, 0.4) is 0 Å². The maximum absolute atomic E-state index is 5.67. The van der Waals surface area contributed by atoms with Gasteiger partial charge in [-0.15, -0.1) is 0 Å². The van der Waals surface area contributed by atoms with Crippen molar-refractivity contribution in [3.05, 3.63) is 60.2 Å². The van der Waals surface area contributed by atoms with Crippen molar-refractivity contribution in [1.82, 2.24) is 0 Å². The number of hydrogen-bond acceptors (Lipinski definition) is 2. The maximum atomic E-state index is 5.67. The Hall–Kier alpha value is -1.96. The Bertz CT molecular complexity index is 519. The minimum atomic E-state index is 0.213. The summed E-state index contributed by atoms with van der Waals surface area (Å²) in [5.74, 6) is 0.923. The standard InChI is InChI=1S/C19H25NO/c1-4-17(14-16-8-6-5-7-9-16)20-18-10-12-19(13-11-18)21-15(2)3/h5-13,15,17,20H,4,14H2,1-3H3. The van der Waals surface area contributed by atoms with Crippen molar-refractivity contribution in [3.63, 3.8) is 0 Å². The van der Waals surface area contributed by atoms with Crippen LogP contribution in [0.2, 0.25) is 0 Å². The molecule has 0 bridgehead atoms. The average Bonchev–Trinajstić information content (AvgIpc) is 2.49. The van der Waals surface area contributed by atoms with Gasteiger partial charge in [0.15, 0.2) is 0 Å². The van der Waals surface area contributed by atoms with E-state index in [0.29, 0.717) is 6.04 Å². The van der Waals surface area contributed by atoms with Crippen molar-refractivity contribution in [2.75, 3.05) is 5.32 Å². The van der Waals surface area contributed by atoms with Crippen LogP contribution in [0.1, 0.15) is 32.8 Å². The molecule has 0 heterocycles. The van der Waals surface area contributed by atoms with Gasteiger partial charge in [-0.1, -0.05) is 37.3 Å². The first kappa shape index (κ1) is 15.4. The molecular weight excluding hydrogens is 258 g/mol. The smallest absolute Gasteiger partial charge is 0.119 e. The van der Waals surface area contributed by atoms with Crippen molar-refractivity contribution >= 4 is 5.69 Å². The lowest BCUT2D eigenvalue weighted by Crippen LogP contribution is -2.21. The summed E-state index contributed by atoms with van der Waals surface area (Å²) in [6.07, 6.45) is 2.35. The van der Waals surface area contributed by atoms with Gasteiger partial charge in [-0.25, -0.2) is 0 Å². The number of anilines is 1. The van der Waals surface area contributed by atoms with Crippen LogP contribution >= 0.6 is 0 Å². The fourth-order valence-electron chi connectivity index (χ4n) is 2.33. The monoisotopic (exact) mass is 283 g/mol. The summed E-state index contributed by atoms with van der Waals surface area (Å²) in [6, 6.07) is 19.3. The summed E-state index contributed by atoms with van der Waals surface area (Å²) in [7, 11) is 0. The molecule has 1 N–H and O–H groups in total. The highest BCUT2D eigenvalue weighted by atomic mass is 16.5. The van der Waals surface area contributed by atoms with Crippen molar-refractivity contribution in [1.29, 1.82) is 0 Å². The SMILES string of the molecule is CCC(Cc1ccccc1)Nc1ccc(OC(C)C)cc1. The summed E-state index contributed by atoms with van der Waals surface area (Å²) in [5, 5.41) is 3.60. The van der Waals surface area contributed by atoms with E-state index in [9.17, 15) is 0 Å². The third-order valence-corrected chi connectivity index (χ3v) is 3.41. The van der Waals surface area contributed by atoms with E-state index >= 15 is 0 Å². The highest BCUT2D eigenvalue weighted by Crippen LogP contribution is 2.19. The fraction of sp³-hybridized carbons (Fsp3) is 0.368. The van der Waals surface area contributed by atoms with Gasteiger partial charge in [-0.05, 0) is 56.5 Å². The quantitative estimate of drug-likeness (QED) is 0.779. The van der Waals surface area contributed by atoms with Crippen molar-refractivity contribution in [2.24, 2.45) is 0 Å². The zero-order chi connectivity index (χ0) is 15.1. The molecule has 2 rings (SSSR count). The Morgan fingerprint density at radius 3 is 2.19 bits per heavy atom. The minimum Gasteiger partial charge on any atom is -0.491 e. The largest absolute Gasteiger partial charge is 0.491 e. The summed E-state index contributed by atoms with van der Waals surface area (Å²) in [4.78, 5) is 0. The maximum Gasteiger partial charge on any atom is 0.119 e. The van der Waals surface area contributed by atoms with Crippen LogP contribution in [0.5, 0.6) is 5.75 Å². The summed E-state index contributed by atoms with van der Waals surface area (Å²) < 4.78 is 5.67. The summed E-state index contributed by atoms with van der Waals surface area (Å²) in [5.41, 5.74) is 2.52. The first-order valence-electron chi connectivity index (χ1n) is 7.74. The molecule has 21 heavy (non-hydrogen) atoms. The lowest BCUT2D eigenvalue weighted by atomic mass is 10.0. The van der Waals surface area contributed by atoms with Crippen LogP contribution in [-0.4, -0.2) is 12.1 Å². The molecule has 112 valence electrons. The molecule has 0 aliphatic carbocycles. The van der Waals surface area contributed by atoms with E-state index < -0.39 is 0 Å². The lowest BCUT2D eigenvalue weighted by molar-refractivity contribution is 0.242. The van der Waals surface area contributed by atoms with E-state index in [-0.39, 0.29) is 6.10 Å². The molecule has 1 unspecified atom stereocenters. The van der Waals surface area contributed by atoms with Crippen molar-refractivity contribution in [3.8, 4) is 5.75 Å². The molecule has 0 aliphatic heterocycles. The van der Waals surface area contributed by atoms with E-state index in [1.54, 1.807) is 0 Å². The number of benzene rings is 2. The normalized spacial score (nSPS) is 12.2. The van der Waals surface area contributed by atoms with E-state index in [0.717, 1.165) is 24.3 Å².